The van der Waals surface area contributed by atoms with E-state index >= 15 is 0 Å². The van der Waals surface area contributed by atoms with Crippen LogP contribution in [0, 0.1) is 0 Å². The van der Waals surface area contributed by atoms with Gasteiger partial charge >= 0.3 is 0 Å². The van der Waals surface area contributed by atoms with E-state index in [9.17, 15) is 4.79 Å². The number of carbonyl (C=O) groups excluding carboxylic acids is 1. The fraction of sp³-hybridized carbons (Fsp3) is 0.417. The minimum absolute atomic E-state index is 0.0287. The highest BCUT2D eigenvalue weighted by Crippen LogP contribution is 2.34. The van der Waals surface area contributed by atoms with Crippen molar-refractivity contribution in [3.05, 3.63) is 18.2 Å². The quantitative estimate of drug-likeness (QED) is 0.841. The van der Waals surface area contributed by atoms with Crippen molar-refractivity contribution in [2.75, 3.05) is 25.7 Å². The van der Waals surface area contributed by atoms with Crippen molar-refractivity contribution >= 4 is 11.6 Å². The Kier molecular flexibility index (Phi) is 3.19. The fourth-order valence-corrected chi connectivity index (χ4v) is 1.98. The lowest BCUT2D eigenvalue weighted by Crippen LogP contribution is -2.28. The molecule has 1 aliphatic heterocycles. The molecule has 0 aromatic heterocycles. The molecule has 0 aliphatic carbocycles. The maximum absolute atomic E-state index is 11.8. The summed E-state index contributed by atoms with van der Waals surface area (Å²) in [6, 6.07) is 5.27. The molecule has 5 nitrogen and oxygen atoms in total. The van der Waals surface area contributed by atoms with E-state index in [-0.39, 0.29) is 11.9 Å². The molecule has 2 rings (SSSR count). The van der Waals surface area contributed by atoms with Gasteiger partial charge in [0.15, 0.2) is 0 Å². The molecule has 1 aliphatic rings. The number of hydrogen-bond acceptors (Lipinski definition) is 4. The molecule has 0 spiro atoms. The third kappa shape index (κ3) is 2.19. The van der Waals surface area contributed by atoms with Crippen LogP contribution in [-0.2, 0) is 4.79 Å². The number of anilines is 1. The van der Waals surface area contributed by atoms with Crippen molar-refractivity contribution in [3.8, 4) is 11.5 Å². The summed E-state index contributed by atoms with van der Waals surface area (Å²) in [5.74, 6) is 1.34. The van der Waals surface area contributed by atoms with Crippen LogP contribution in [0.15, 0.2) is 18.2 Å². The van der Waals surface area contributed by atoms with Crippen LogP contribution in [0.1, 0.15) is 6.42 Å². The predicted octanol–water partition coefficient (Wildman–Crippen LogP) is 0.768. The molecule has 1 atom stereocenters. The Labute approximate surface area is 100 Å². The van der Waals surface area contributed by atoms with Crippen LogP contribution in [-0.4, -0.2) is 32.7 Å². The zero-order chi connectivity index (χ0) is 12.4. The minimum Gasteiger partial charge on any atom is -0.497 e. The molecule has 92 valence electrons. The van der Waals surface area contributed by atoms with E-state index in [1.54, 1.807) is 31.3 Å². The molecule has 1 aromatic carbocycles. The molecular formula is C12H16N2O3. The van der Waals surface area contributed by atoms with Crippen molar-refractivity contribution in [1.29, 1.82) is 0 Å². The van der Waals surface area contributed by atoms with Gasteiger partial charge in [-0.3, -0.25) is 4.79 Å². The van der Waals surface area contributed by atoms with Crippen molar-refractivity contribution in [3.63, 3.8) is 0 Å². The topological polar surface area (TPSA) is 64.8 Å². The number of rotatable bonds is 3. The molecular weight excluding hydrogens is 220 g/mol. The summed E-state index contributed by atoms with van der Waals surface area (Å²) >= 11 is 0. The van der Waals surface area contributed by atoms with Gasteiger partial charge in [0, 0.05) is 25.1 Å². The lowest BCUT2D eigenvalue weighted by atomic mass is 10.2. The van der Waals surface area contributed by atoms with Crippen molar-refractivity contribution in [2.45, 2.75) is 12.5 Å². The molecule has 1 aromatic rings. The van der Waals surface area contributed by atoms with Gasteiger partial charge in [-0.2, -0.15) is 0 Å². The molecule has 1 heterocycles. The number of ether oxygens (including phenoxy) is 2. The molecule has 0 radical (unpaired) electrons. The van der Waals surface area contributed by atoms with Crippen LogP contribution >= 0.6 is 0 Å². The van der Waals surface area contributed by atoms with Crippen LogP contribution in [0.25, 0.3) is 0 Å². The van der Waals surface area contributed by atoms with Crippen LogP contribution in [0.3, 0.4) is 0 Å². The van der Waals surface area contributed by atoms with Crippen LogP contribution in [0.5, 0.6) is 11.5 Å². The zero-order valence-corrected chi connectivity index (χ0v) is 9.97. The third-order valence-corrected chi connectivity index (χ3v) is 2.83. The summed E-state index contributed by atoms with van der Waals surface area (Å²) in [5, 5.41) is 0. The van der Waals surface area contributed by atoms with Crippen LogP contribution in [0.2, 0.25) is 0 Å². The molecule has 0 saturated carbocycles. The summed E-state index contributed by atoms with van der Waals surface area (Å²) in [6.07, 6.45) is 0.384. The van der Waals surface area contributed by atoms with E-state index in [0.717, 1.165) is 5.69 Å². The Bertz CT molecular complexity index is 434. The average Bonchev–Trinajstić information content (AvgIpc) is 2.67. The van der Waals surface area contributed by atoms with Gasteiger partial charge < -0.3 is 20.1 Å². The van der Waals surface area contributed by atoms with E-state index in [0.29, 0.717) is 24.5 Å². The summed E-state index contributed by atoms with van der Waals surface area (Å²) in [5.41, 5.74) is 6.51. The fourth-order valence-electron chi connectivity index (χ4n) is 1.98. The second-order valence-electron chi connectivity index (χ2n) is 4.01. The lowest BCUT2D eigenvalue weighted by molar-refractivity contribution is -0.117. The smallest absolute Gasteiger partial charge is 0.228 e. The molecule has 0 bridgehead atoms. The maximum atomic E-state index is 11.8. The normalized spacial score (nSPS) is 19.6. The number of hydrogen-bond donors (Lipinski definition) is 1. The summed E-state index contributed by atoms with van der Waals surface area (Å²) < 4.78 is 10.4. The predicted molar refractivity (Wildman–Crippen MR) is 64.5 cm³/mol. The summed E-state index contributed by atoms with van der Waals surface area (Å²) in [4.78, 5) is 13.4. The minimum atomic E-state index is -0.102. The Hall–Kier alpha value is -1.75. The first-order valence-corrected chi connectivity index (χ1v) is 5.43. The van der Waals surface area contributed by atoms with E-state index < -0.39 is 0 Å². The number of amides is 1. The van der Waals surface area contributed by atoms with Gasteiger partial charge in [-0.25, -0.2) is 0 Å². The first kappa shape index (κ1) is 11.7. The van der Waals surface area contributed by atoms with E-state index in [2.05, 4.69) is 0 Å². The number of nitrogens with two attached hydrogens (primary N) is 1. The van der Waals surface area contributed by atoms with E-state index in [1.807, 2.05) is 6.07 Å². The van der Waals surface area contributed by atoms with Crippen molar-refractivity contribution < 1.29 is 14.3 Å². The third-order valence-electron chi connectivity index (χ3n) is 2.83. The largest absolute Gasteiger partial charge is 0.497 e. The molecule has 5 heteroatoms. The van der Waals surface area contributed by atoms with Gasteiger partial charge in [0.1, 0.15) is 11.5 Å². The molecule has 1 amide bonds. The van der Waals surface area contributed by atoms with Gasteiger partial charge in [0.05, 0.1) is 19.9 Å². The highest BCUT2D eigenvalue weighted by molar-refractivity contribution is 5.97. The van der Waals surface area contributed by atoms with Crippen LogP contribution in [0.4, 0.5) is 5.69 Å². The number of methoxy groups -OCH3 is 2. The molecule has 1 unspecified atom stereocenters. The van der Waals surface area contributed by atoms with Gasteiger partial charge in [0.2, 0.25) is 5.91 Å². The highest BCUT2D eigenvalue weighted by atomic mass is 16.5. The Morgan fingerprint density at radius 1 is 1.35 bits per heavy atom. The van der Waals surface area contributed by atoms with Gasteiger partial charge in [0.25, 0.3) is 0 Å². The van der Waals surface area contributed by atoms with Crippen LogP contribution < -0.4 is 20.1 Å². The van der Waals surface area contributed by atoms with E-state index in [1.165, 1.54) is 0 Å². The summed E-state index contributed by atoms with van der Waals surface area (Å²) in [7, 11) is 3.16. The number of carbonyl (C=O) groups is 1. The first-order valence-electron chi connectivity index (χ1n) is 5.43. The lowest BCUT2D eigenvalue weighted by Gasteiger charge is -2.19. The molecule has 17 heavy (non-hydrogen) atoms. The molecule has 2 N–H and O–H groups in total. The van der Waals surface area contributed by atoms with E-state index in [4.69, 9.17) is 15.2 Å². The van der Waals surface area contributed by atoms with Gasteiger partial charge in [-0.05, 0) is 12.1 Å². The van der Waals surface area contributed by atoms with Crippen molar-refractivity contribution in [2.24, 2.45) is 5.73 Å². The number of benzene rings is 1. The SMILES string of the molecule is COc1ccc(N2CC(N)CC2=O)c(OC)c1. The first-order chi connectivity index (χ1) is 8.15. The summed E-state index contributed by atoms with van der Waals surface area (Å²) in [6.45, 7) is 0.529. The zero-order valence-electron chi connectivity index (χ0n) is 9.97. The maximum Gasteiger partial charge on any atom is 0.228 e. The second kappa shape index (κ2) is 4.63. The van der Waals surface area contributed by atoms with Gasteiger partial charge in [-0.1, -0.05) is 0 Å². The standard InChI is InChI=1S/C12H16N2O3/c1-16-9-3-4-10(11(6-9)17-2)14-7-8(13)5-12(14)15/h3-4,6,8H,5,7,13H2,1-2H3. The monoisotopic (exact) mass is 236 g/mol. The Morgan fingerprint density at radius 3 is 2.65 bits per heavy atom. The highest BCUT2D eigenvalue weighted by Gasteiger charge is 2.29. The molecule has 1 fully saturated rings. The second-order valence-corrected chi connectivity index (χ2v) is 4.01. The molecule has 1 saturated heterocycles. The Balaban J connectivity index is 2.35. The van der Waals surface area contributed by atoms with Gasteiger partial charge in [-0.15, -0.1) is 0 Å². The Morgan fingerprint density at radius 2 is 2.12 bits per heavy atom. The van der Waals surface area contributed by atoms with Crippen molar-refractivity contribution in [1.82, 2.24) is 0 Å². The number of nitrogens with zero attached hydrogens (tertiary/aromatic N) is 1. The average molecular weight is 236 g/mol.